The lowest BCUT2D eigenvalue weighted by Gasteiger charge is -2.45. The number of halogens is 2. The molecule has 0 amide bonds. The average molecular weight is 1320 g/mol. The first kappa shape index (κ1) is 71.5. The minimum absolute atomic E-state index is 0.0101. The van der Waals surface area contributed by atoms with Gasteiger partial charge >= 0.3 is 0 Å². The summed E-state index contributed by atoms with van der Waals surface area (Å²) in [5.74, 6) is -1.22. The molecule has 0 saturated carbocycles. The normalized spacial score (nSPS) is 17.3. The first-order chi connectivity index (χ1) is 43.5. The number of hydrogen-bond donors (Lipinski definition) is 2. The van der Waals surface area contributed by atoms with Crippen molar-refractivity contribution in [3.05, 3.63) is 188 Å². The first-order valence-electron chi connectivity index (χ1n) is 34.7. The molecule has 4 atom stereocenters. The van der Waals surface area contributed by atoms with Crippen LogP contribution in [-0.4, -0.2) is 37.3 Å². The number of phenolic OH excluding ortho intramolecular Hbond substituents is 1. The van der Waals surface area contributed by atoms with Gasteiger partial charge in [0, 0.05) is 65.7 Å². The van der Waals surface area contributed by atoms with E-state index < -0.39 is 24.0 Å². The van der Waals surface area contributed by atoms with Crippen molar-refractivity contribution in [3.63, 3.8) is 0 Å². The number of nitrogens with zero attached hydrogens (tertiary/aromatic N) is 2. The van der Waals surface area contributed by atoms with Gasteiger partial charge in [-0.2, -0.15) is 0 Å². The van der Waals surface area contributed by atoms with Crippen LogP contribution in [0, 0.1) is 30.1 Å². The summed E-state index contributed by atoms with van der Waals surface area (Å²) in [6.07, 6.45) is 5.58. The van der Waals surface area contributed by atoms with Crippen LogP contribution in [0.1, 0.15) is 236 Å². The van der Waals surface area contributed by atoms with Crippen LogP contribution in [-0.2, 0) is 31.8 Å². The number of ether oxygens (including phenoxy) is 2. The van der Waals surface area contributed by atoms with Gasteiger partial charge in [-0.1, -0.05) is 212 Å². The Bertz CT molecular complexity index is 4360. The summed E-state index contributed by atoms with van der Waals surface area (Å²) in [4.78, 5) is 0. The maximum Gasteiger partial charge on any atom is 0.218 e. The Morgan fingerprint density at radius 3 is 1.39 bits per heavy atom. The number of rotatable bonds is 14. The Balaban J connectivity index is 1.14. The van der Waals surface area contributed by atoms with Crippen LogP contribution in [0.15, 0.2) is 133 Å². The van der Waals surface area contributed by atoms with Crippen molar-refractivity contribution >= 4 is 72.4 Å². The van der Waals surface area contributed by atoms with Gasteiger partial charge in [0.2, 0.25) is 5.79 Å². The molecule has 10 rings (SSSR count). The quantitative estimate of drug-likeness (QED) is 0.106. The van der Waals surface area contributed by atoms with Gasteiger partial charge in [0.1, 0.15) is 17.5 Å². The third-order valence-corrected chi connectivity index (χ3v) is 20.3. The van der Waals surface area contributed by atoms with Crippen LogP contribution in [0.4, 0.5) is 0 Å². The third-order valence-electron chi connectivity index (χ3n) is 19.8. The minimum atomic E-state index is -1.96. The molecular weight excluding hydrogens is 1210 g/mol. The summed E-state index contributed by atoms with van der Waals surface area (Å²) >= 11 is 14.3. The molecule has 7 aromatic carbocycles. The highest BCUT2D eigenvalue weighted by Crippen LogP contribution is 2.54. The number of aryl methyl sites for hydroxylation is 2. The van der Waals surface area contributed by atoms with Crippen molar-refractivity contribution in [2.45, 2.75) is 250 Å². The van der Waals surface area contributed by atoms with Crippen molar-refractivity contribution < 1.29 is 19.7 Å². The second-order valence-electron chi connectivity index (χ2n) is 36.3. The van der Waals surface area contributed by atoms with Crippen LogP contribution >= 0.6 is 23.2 Å². The van der Waals surface area contributed by atoms with Crippen LogP contribution in [0.5, 0.6) is 11.5 Å². The molecule has 0 spiro atoms. The zero-order chi connectivity index (χ0) is 70.2. The van der Waals surface area contributed by atoms with E-state index in [1.54, 1.807) is 0 Å². The van der Waals surface area contributed by atoms with Gasteiger partial charge in [0.25, 0.3) is 0 Å². The third kappa shape index (κ3) is 14.5. The topological polar surface area (TPSA) is 68.8 Å². The summed E-state index contributed by atoms with van der Waals surface area (Å²) in [5, 5.41) is 33.7. The summed E-state index contributed by atoms with van der Waals surface area (Å²) in [5.41, 5.74) is 15.4. The zero-order valence-corrected chi connectivity index (χ0v) is 63.9. The monoisotopic (exact) mass is 1320 g/mol. The SMILES string of the molecule is Cc1cc(Cl)cc(C2=CC(C(C)(C)CC(C)(C)C)=CC(n3c4ccc(C(C)(C)C)cc4c4cc(C(C)(C)C)ccc43)C2(O)OC(C)CC(C)Oc2c(C)cc(Cl)cc2-c2cc(C(C)(C)CC(C)(C)C)cc(-n3c4ccc(C(C)(C)C)cc4c4cc(C(C)(C)C)ccc43)c2O)c1. The Morgan fingerprint density at radius 2 is 0.937 bits per heavy atom. The molecule has 6 nitrogen and oxygen atoms in total. The molecule has 1 aliphatic carbocycles. The van der Waals surface area contributed by atoms with E-state index in [-0.39, 0.29) is 49.1 Å². The average Bonchev–Trinajstić information content (AvgIpc) is 1.64. The molecule has 0 bridgehead atoms. The number of hydrogen-bond acceptors (Lipinski definition) is 4. The molecule has 8 heteroatoms. The summed E-state index contributed by atoms with van der Waals surface area (Å²) in [7, 11) is 0. The molecule has 2 N–H and O–H groups in total. The molecule has 9 aromatic rings. The highest BCUT2D eigenvalue weighted by molar-refractivity contribution is 6.31. The van der Waals surface area contributed by atoms with Crippen LogP contribution in [0.2, 0.25) is 10.0 Å². The number of aromatic nitrogens is 2. The maximum atomic E-state index is 14.6. The van der Waals surface area contributed by atoms with E-state index in [1.165, 1.54) is 22.3 Å². The van der Waals surface area contributed by atoms with E-state index in [1.807, 2.05) is 38.1 Å². The van der Waals surface area contributed by atoms with Crippen molar-refractivity contribution in [2.75, 3.05) is 0 Å². The number of benzene rings is 7. The lowest BCUT2D eigenvalue weighted by atomic mass is 9.68. The minimum Gasteiger partial charge on any atom is -0.505 e. The largest absolute Gasteiger partial charge is 0.505 e. The van der Waals surface area contributed by atoms with E-state index >= 15 is 0 Å². The first-order valence-corrected chi connectivity index (χ1v) is 35.5. The number of aromatic hydroxyl groups is 1. The fraction of sp³-hybridized carbons (Fsp3) is 0.471. The van der Waals surface area contributed by atoms with Gasteiger partial charge in [-0.15, -0.1) is 0 Å². The lowest BCUT2D eigenvalue weighted by molar-refractivity contribution is -0.206. The Morgan fingerprint density at radius 1 is 0.495 bits per heavy atom. The molecule has 0 radical (unpaired) electrons. The van der Waals surface area contributed by atoms with Crippen molar-refractivity contribution in [1.29, 1.82) is 0 Å². The van der Waals surface area contributed by atoms with E-state index in [2.05, 4.69) is 278 Å². The Hall–Kier alpha value is -6.28. The maximum absolute atomic E-state index is 14.6. The standard InChI is InChI=1S/C87H110Cl2N2O4/c1-51-35-55(39-62(88)36-51)70-45-61(86(25,26)50-80(8,9)10)47-76(91-73-33-29-58(83(17,18)19)42-66(73)67-43-59(84(20,21)22)30-34-74(67)91)87(70,93)95-54(4)38-53(3)94-78-52(2)37-63(89)48-69(78)68-44-60(85(23,24)49-79(5,6)7)46-75(77(68)92)90-71-31-27-56(81(11,12)13)40-64(71)65-41-57(82(14,15)16)28-32-72(65)90/h27-37,39-48,53-54,76,92-93H,38,49-50H2,1-26H3. The number of aliphatic hydroxyl groups is 1. The summed E-state index contributed by atoms with van der Waals surface area (Å²) in [6, 6.07) is 41.0. The molecule has 506 valence electrons. The molecule has 4 unspecified atom stereocenters. The van der Waals surface area contributed by atoms with Crippen LogP contribution in [0.25, 0.3) is 66.0 Å². The highest BCUT2D eigenvalue weighted by Gasteiger charge is 2.49. The smallest absolute Gasteiger partial charge is 0.218 e. The van der Waals surface area contributed by atoms with E-state index in [9.17, 15) is 10.2 Å². The molecule has 95 heavy (non-hydrogen) atoms. The van der Waals surface area contributed by atoms with Gasteiger partial charge in [-0.3, -0.25) is 0 Å². The van der Waals surface area contributed by atoms with Crippen molar-refractivity contribution in [1.82, 2.24) is 9.13 Å². The predicted octanol–water partition coefficient (Wildman–Crippen LogP) is 25.1. The van der Waals surface area contributed by atoms with Gasteiger partial charge in [-0.05, 0) is 225 Å². The van der Waals surface area contributed by atoms with Gasteiger partial charge in [0.05, 0.1) is 28.9 Å². The van der Waals surface area contributed by atoms with Gasteiger partial charge < -0.3 is 28.8 Å². The van der Waals surface area contributed by atoms with E-state index in [4.69, 9.17) is 32.7 Å². The molecule has 0 saturated heterocycles. The van der Waals surface area contributed by atoms with Crippen LogP contribution < -0.4 is 4.74 Å². The van der Waals surface area contributed by atoms with Gasteiger partial charge in [0.15, 0.2) is 0 Å². The Kier molecular flexibility index (Phi) is 18.5. The molecule has 1 aliphatic rings. The van der Waals surface area contributed by atoms with Crippen LogP contribution in [0.3, 0.4) is 0 Å². The Labute approximate surface area is 580 Å². The fourth-order valence-electron chi connectivity index (χ4n) is 15.6. The lowest BCUT2D eigenvalue weighted by Crippen LogP contribution is -2.47. The second-order valence-corrected chi connectivity index (χ2v) is 37.2. The summed E-state index contributed by atoms with van der Waals surface area (Å²) < 4.78 is 19.5. The van der Waals surface area contributed by atoms with Crippen molar-refractivity contribution in [2.24, 2.45) is 16.2 Å². The summed E-state index contributed by atoms with van der Waals surface area (Å²) in [6.45, 7) is 58.4. The predicted molar refractivity (Wildman–Crippen MR) is 408 cm³/mol. The zero-order valence-electron chi connectivity index (χ0n) is 62.3. The number of fused-ring (bicyclic) bond motifs is 6. The second kappa shape index (κ2) is 24.6. The van der Waals surface area contributed by atoms with Crippen molar-refractivity contribution in [3.8, 4) is 28.3 Å². The molecule has 2 heterocycles. The molecule has 0 aliphatic heterocycles. The highest BCUT2D eigenvalue weighted by atomic mass is 35.5. The van der Waals surface area contributed by atoms with E-state index in [0.717, 1.165) is 84.3 Å². The molecule has 0 fully saturated rings. The van der Waals surface area contributed by atoms with Gasteiger partial charge in [-0.25, -0.2) is 0 Å². The molecule has 2 aromatic heterocycles. The number of phenols is 1. The molecular formula is C87H110Cl2N2O4. The number of allylic oxidation sites excluding steroid dienone is 2. The fourth-order valence-corrected chi connectivity index (χ4v) is 16.2. The van der Waals surface area contributed by atoms with E-state index in [0.29, 0.717) is 44.6 Å².